The summed E-state index contributed by atoms with van der Waals surface area (Å²) in [7, 11) is 0. The summed E-state index contributed by atoms with van der Waals surface area (Å²) in [6, 6.07) is 9.85. The maximum absolute atomic E-state index is 12.7. The number of fused-ring (bicyclic) bond motifs is 3. The number of ether oxygens (including phenoxy) is 1. The molecule has 3 heterocycles. The minimum atomic E-state index is -0.547. The molecule has 1 aliphatic rings. The van der Waals surface area contributed by atoms with Crippen LogP contribution in [0.2, 0.25) is 0 Å². The molecule has 156 valence electrons. The second-order valence-electron chi connectivity index (χ2n) is 7.92. The molecule has 0 bridgehead atoms. The number of hydrogen-bond acceptors (Lipinski definition) is 6. The Morgan fingerprint density at radius 1 is 1.10 bits per heavy atom. The summed E-state index contributed by atoms with van der Waals surface area (Å²) < 4.78 is 12.5. The first kappa shape index (κ1) is 19.2. The summed E-state index contributed by atoms with van der Waals surface area (Å²) in [6.07, 6.45) is 1.65. The molecule has 0 spiro atoms. The molecule has 0 N–H and O–H groups in total. The molecule has 7 heteroatoms. The number of carbonyl (C=O) groups excluding carboxylic acids is 1. The zero-order valence-electron chi connectivity index (χ0n) is 17.2. The van der Waals surface area contributed by atoms with Crippen molar-refractivity contribution < 1.29 is 13.9 Å². The lowest BCUT2D eigenvalue weighted by Gasteiger charge is -2.10. The Kier molecular flexibility index (Phi) is 4.46. The maximum Gasteiger partial charge on any atom is 0.338 e. The van der Waals surface area contributed by atoms with E-state index in [1.807, 2.05) is 26.0 Å². The number of aromatic nitrogens is 2. The molecule has 0 unspecified atom stereocenters. The van der Waals surface area contributed by atoms with Crippen LogP contribution < -0.4 is 11.2 Å². The second kappa shape index (κ2) is 7.19. The van der Waals surface area contributed by atoms with Crippen LogP contribution in [0.15, 0.2) is 50.4 Å². The van der Waals surface area contributed by atoms with Gasteiger partial charge < -0.3 is 9.15 Å². The lowest BCUT2D eigenvalue weighted by molar-refractivity contribution is 0.0474. The monoisotopic (exact) mass is 416 g/mol. The molecule has 31 heavy (non-hydrogen) atoms. The third-order valence-electron chi connectivity index (χ3n) is 5.86. The quantitative estimate of drug-likeness (QED) is 0.375. The van der Waals surface area contributed by atoms with Gasteiger partial charge in [0.1, 0.15) is 18.0 Å². The van der Waals surface area contributed by atoms with Gasteiger partial charge in [-0.15, -0.1) is 0 Å². The Hall–Kier alpha value is -3.74. The maximum atomic E-state index is 12.7. The summed E-state index contributed by atoms with van der Waals surface area (Å²) >= 11 is 0. The summed E-state index contributed by atoms with van der Waals surface area (Å²) in [6.45, 7) is 4.52. The van der Waals surface area contributed by atoms with Gasteiger partial charge in [0.2, 0.25) is 0 Å². The first-order valence-corrected chi connectivity index (χ1v) is 10.2. The number of carbonyl (C=O) groups is 1. The van der Waals surface area contributed by atoms with Gasteiger partial charge in [-0.05, 0) is 61.7 Å². The lowest BCUT2D eigenvalue weighted by atomic mass is 10.0. The predicted octanol–water partition coefficient (Wildman–Crippen LogP) is 3.42. The standard InChI is InChI=1S/C24H20N2O5/c1-13-8-18-16(11-22(27)31-20(18)9-14(13)2)12-30-24(29)15-5-6-17-19(10-15)25-21-4-3-7-26(21)23(17)28/h5-6,8-11H,3-4,7,12H2,1-2H3. The number of aryl methyl sites for hydroxylation is 3. The Morgan fingerprint density at radius 2 is 1.90 bits per heavy atom. The molecule has 0 aliphatic carbocycles. The van der Waals surface area contributed by atoms with Crippen molar-refractivity contribution in [1.82, 2.24) is 9.55 Å². The van der Waals surface area contributed by atoms with E-state index in [2.05, 4.69) is 4.98 Å². The normalized spacial score (nSPS) is 13.0. The minimum Gasteiger partial charge on any atom is -0.457 e. The molecule has 1 aliphatic heterocycles. The number of esters is 1. The van der Waals surface area contributed by atoms with Crippen LogP contribution in [0.25, 0.3) is 21.9 Å². The summed E-state index contributed by atoms with van der Waals surface area (Å²) in [5.74, 6) is 0.200. The minimum absolute atomic E-state index is 0.0677. The van der Waals surface area contributed by atoms with E-state index in [0.717, 1.165) is 35.2 Å². The van der Waals surface area contributed by atoms with Gasteiger partial charge in [-0.25, -0.2) is 14.6 Å². The lowest BCUT2D eigenvalue weighted by Crippen LogP contribution is -2.21. The highest BCUT2D eigenvalue weighted by atomic mass is 16.5. The molecular formula is C24H20N2O5. The third-order valence-corrected chi connectivity index (χ3v) is 5.86. The van der Waals surface area contributed by atoms with E-state index in [0.29, 0.717) is 34.2 Å². The largest absolute Gasteiger partial charge is 0.457 e. The molecule has 4 aromatic rings. The molecule has 7 nitrogen and oxygen atoms in total. The van der Waals surface area contributed by atoms with Crippen molar-refractivity contribution >= 4 is 27.8 Å². The van der Waals surface area contributed by atoms with Crippen molar-refractivity contribution in [2.24, 2.45) is 0 Å². The van der Waals surface area contributed by atoms with Crippen LogP contribution in [-0.2, 0) is 24.3 Å². The molecule has 0 saturated heterocycles. The fourth-order valence-electron chi connectivity index (χ4n) is 4.04. The molecule has 0 radical (unpaired) electrons. The van der Waals surface area contributed by atoms with E-state index in [1.165, 1.54) is 6.07 Å². The first-order chi connectivity index (χ1) is 14.9. The average Bonchev–Trinajstić information content (AvgIpc) is 3.21. The first-order valence-electron chi connectivity index (χ1n) is 10.2. The van der Waals surface area contributed by atoms with E-state index in [-0.39, 0.29) is 12.2 Å². The van der Waals surface area contributed by atoms with Gasteiger partial charge in [0.15, 0.2) is 0 Å². The van der Waals surface area contributed by atoms with Gasteiger partial charge in [-0.3, -0.25) is 9.36 Å². The Morgan fingerprint density at radius 3 is 2.74 bits per heavy atom. The van der Waals surface area contributed by atoms with Crippen LogP contribution in [0.4, 0.5) is 0 Å². The van der Waals surface area contributed by atoms with Gasteiger partial charge >= 0.3 is 11.6 Å². The molecule has 0 atom stereocenters. The van der Waals surface area contributed by atoms with Crippen molar-refractivity contribution in [2.45, 2.75) is 39.8 Å². The highest BCUT2D eigenvalue weighted by Crippen LogP contribution is 2.23. The van der Waals surface area contributed by atoms with Gasteiger partial charge in [0.05, 0.1) is 16.5 Å². The Labute approximate surface area is 176 Å². The van der Waals surface area contributed by atoms with Crippen molar-refractivity contribution in [3.8, 4) is 0 Å². The summed E-state index contributed by atoms with van der Waals surface area (Å²) in [5.41, 5.74) is 3.33. The van der Waals surface area contributed by atoms with Crippen LogP contribution in [-0.4, -0.2) is 15.5 Å². The van der Waals surface area contributed by atoms with Crippen LogP contribution in [0.3, 0.4) is 0 Å². The van der Waals surface area contributed by atoms with Crippen molar-refractivity contribution in [3.63, 3.8) is 0 Å². The van der Waals surface area contributed by atoms with Gasteiger partial charge in [-0.1, -0.05) is 0 Å². The summed E-state index contributed by atoms with van der Waals surface area (Å²) in [4.78, 5) is 41.8. The van der Waals surface area contributed by atoms with Crippen molar-refractivity contribution in [3.05, 3.63) is 85.3 Å². The van der Waals surface area contributed by atoms with Gasteiger partial charge in [-0.2, -0.15) is 0 Å². The number of rotatable bonds is 3. The number of nitrogens with zero attached hydrogens (tertiary/aromatic N) is 2. The SMILES string of the molecule is Cc1cc2oc(=O)cc(COC(=O)c3ccc4c(=O)n5c(nc4c3)CCC5)c2cc1C. The van der Waals surface area contributed by atoms with Crippen molar-refractivity contribution in [1.29, 1.82) is 0 Å². The van der Waals surface area contributed by atoms with Crippen LogP contribution >= 0.6 is 0 Å². The van der Waals surface area contributed by atoms with Crippen LogP contribution in [0.1, 0.15) is 39.3 Å². The molecule has 0 fully saturated rings. The zero-order chi connectivity index (χ0) is 21.7. The van der Waals surface area contributed by atoms with Crippen LogP contribution in [0.5, 0.6) is 0 Å². The molecule has 0 saturated carbocycles. The zero-order valence-corrected chi connectivity index (χ0v) is 17.2. The molecule has 5 rings (SSSR count). The van der Waals surface area contributed by atoms with E-state index in [9.17, 15) is 14.4 Å². The van der Waals surface area contributed by atoms with E-state index in [1.54, 1.807) is 22.8 Å². The third kappa shape index (κ3) is 3.32. The Balaban J connectivity index is 1.45. The molecular weight excluding hydrogens is 396 g/mol. The van der Waals surface area contributed by atoms with Gasteiger partial charge in [0, 0.05) is 30.0 Å². The van der Waals surface area contributed by atoms with Crippen molar-refractivity contribution in [2.75, 3.05) is 0 Å². The predicted molar refractivity (Wildman–Crippen MR) is 115 cm³/mol. The van der Waals surface area contributed by atoms with E-state index in [4.69, 9.17) is 9.15 Å². The smallest absolute Gasteiger partial charge is 0.338 e. The molecule has 0 amide bonds. The highest BCUT2D eigenvalue weighted by molar-refractivity contribution is 5.94. The molecule has 2 aromatic heterocycles. The average molecular weight is 416 g/mol. The molecule has 2 aromatic carbocycles. The summed E-state index contributed by atoms with van der Waals surface area (Å²) in [5, 5.41) is 1.22. The second-order valence-corrected chi connectivity index (χ2v) is 7.92. The highest BCUT2D eigenvalue weighted by Gasteiger charge is 2.18. The fourth-order valence-corrected chi connectivity index (χ4v) is 4.04. The number of hydrogen-bond donors (Lipinski definition) is 0. The van der Waals surface area contributed by atoms with Gasteiger partial charge in [0.25, 0.3) is 5.56 Å². The van der Waals surface area contributed by atoms with Crippen LogP contribution in [0, 0.1) is 13.8 Å². The topological polar surface area (TPSA) is 91.4 Å². The number of benzene rings is 2. The van der Waals surface area contributed by atoms with E-state index >= 15 is 0 Å². The Bertz CT molecular complexity index is 1500. The fraction of sp³-hybridized carbons (Fsp3) is 0.250. The van der Waals surface area contributed by atoms with E-state index < -0.39 is 11.6 Å².